The van der Waals surface area contributed by atoms with E-state index in [2.05, 4.69) is 31.1 Å². The smallest absolute Gasteiger partial charge is 0.296 e. The number of azo groups is 2. The fraction of sp³-hybridized carbons (Fsp3) is 0.130. The molecule has 0 fully saturated rings. The lowest BCUT2D eigenvalue weighted by atomic mass is 10.1. The van der Waals surface area contributed by atoms with E-state index in [1.54, 1.807) is 0 Å². The number of nitrogens with zero attached hydrogens (tertiary/aromatic N) is 6. The lowest BCUT2D eigenvalue weighted by molar-refractivity contribution is 0.0773. The number of phenolic OH excluding ortho intramolecular Hbond substituents is 2. The van der Waals surface area contributed by atoms with Crippen molar-refractivity contribution in [2.24, 2.45) is 20.5 Å². The molecule has 0 radical (unpaired) electrons. The molecule has 2 amide bonds. The highest BCUT2D eigenvalue weighted by Crippen LogP contribution is 2.44. The maximum Gasteiger partial charge on any atom is 0.296 e. The summed E-state index contributed by atoms with van der Waals surface area (Å²) in [5.74, 6) is -2.27. The van der Waals surface area contributed by atoms with Crippen molar-refractivity contribution in [2.45, 2.75) is 32.7 Å². The molecule has 0 saturated carbocycles. The summed E-state index contributed by atoms with van der Waals surface area (Å²) >= 11 is 0. The topological polar surface area (TPSA) is 372 Å². The molecule has 0 aromatic heterocycles. The summed E-state index contributed by atoms with van der Waals surface area (Å²) in [6.07, 6.45) is 0. The number of nitrogens with one attached hydrogen (secondary N) is 2. The lowest BCUT2D eigenvalue weighted by Crippen LogP contribution is -2.27. The number of phenols is 2. The molecule has 386 valence electrons. The van der Waals surface area contributed by atoms with E-state index in [1.807, 2.05) is 0 Å². The number of amides is 2. The van der Waals surface area contributed by atoms with Crippen molar-refractivity contribution in [1.82, 2.24) is 9.80 Å². The number of hydrogen-bond donors (Lipinski definition) is 8. The second-order valence-electron chi connectivity index (χ2n) is 16.3. The Balaban J connectivity index is 1.09. The van der Waals surface area contributed by atoms with Gasteiger partial charge in [-0.1, -0.05) is 24.3 Å². The number of carbonyl (C=O) groups excluding carboxylic acids is 2. The van der Waals surface area contributed by atoms with E-state index in [-0.39, 0.29) is 79.9 Å². The molecule has 0 spiro atoms. The van der Waals surface area contributed by atoms with Crippen LogP contribution in [0.2, 0.25) is 0 Å². The summed E-state index contributed by atoms with van der Waals surface area (Å²) in [5, 5.41) is 44.0. The maximum absolute atomic E-state index is 13.6. The van der Waals surface area contributed by atoms with Crippen molar-refractivity contribution in [1.29, 1.82) is 0 Å². The molecule has 7 aromatic rings. The van der Waals surface area contributed by atoms with Gasteiger partial charge in [0.2, 0.25) is 0 Å². The predicted octanol–water partition coefficient (Wildman–Crippen LogP) is 7.85. The van der Waals surface area contributed by atoms with Gasteiger partial charge in [0.15, 0.2) is 0 Å². The first-order valence-corrected chi connectivity index (χ1v) is 26.9. The van der Waals surface area contributed by atoms with Crippen LogP contribution in [0.3, 0.4) is 0 Å². The van der Waals surface area contributed by atoms with Crippen LogP contribution in [0, 0.1) is 0 Å². The molecule has 74 heavy (non-hydrogen) atoms. The van der Waals surface area contributed by atoms with Crippen molar-refractivity contribution in [3.05, 3.63) is 131 Å². The third-order valence-electron chi connectivity index (χ3n) is 11.3. The summed E-state index contributed by atoms with van der Waals surface area (Å²) < 4.78 is 136. The molecule has 0 heterocycles. The molecule has 0 unspecified atom stereocenters. The molecule has 0 aliphatic heterocycles. The quantitative estimate of drug-likeness (QED) is 0.0337. The standard InChI is InChI=1S/C46H42N8O16S4/c1-47-33-13-11-29-19-31(71(59,60)61)21-37(55)41(29)43(33)51-49-35-17-25(5-15-39(35)73(65,66)67)23-53(3)45(57)27-7-9-28(10-8-27)46(58)54(4)24-26-6-16-40(74(68,69)70)36(18-26)50-52-44-34(48-2)14-12-30-20-32(72(62,63)64)22-38(56)42(30)44/h5-22,47-48,55-56H,23-24H2,1-4H3,(H,59,60,61)(H,62,63,64)(H,65,66,67)(H,68,69,70). The molecule has 0 aliphatic carbocycles. The first kappa shape index (κ1) is 53.8. The molecule has 0 atom stereocenters. The summed E-state index contributed by atoms with van der Waals surface area (Å²) in [7, 11) is -13.3. The number of anilines is 2. The van der Waals surface area contributed by atoms with Gasteiger partial charge in [-0.25, -0.2) is 0 Å². The van der Waals surface area contributed by atoms with E-state index in [9.17, 15) is 71.7 Å². The Hall–Kier alpha value is -7.96. The highest BCUT2D eigenvalue weighted by atomic mass is 32.2. The number of benzene rings is 7. The average molecular weight is 1090 g/mol. The second kappa shape index (κ2) is 20.5. The van der Waals surface area contributed by atoms with Gasteiger partial charge in [-0.05, 0) is 94.7 Å². The van der Waals surface area contributed by atoms with Crippen LogP contribution < -0.4 is 10.6 Å². The van der Waals surface area contributed by atoms with Gasteiger partial charge in [-0.2, -0.15) is 33.7 Å². The van der Waals surface area contributed by atoms with Crippen LogP contribution >= 0.6 is 0 Å². The molecule has 0 aliphatic rings. The third-order valence-corrected chi connectivity index (χ3v) is 14.7. The van der Waals surface area contributed by atoms with Crippen LogP contribution in [0.15, 0.2) is 149 Å². The summed E-state index contributed by atoms with van der Waals surface area (Å²) in [6, 6.07) is 22.4. The zero-order valence-corrected chi connectivity index (χ0v) is 42.2. The van der Waals surface area contributed by atoms with Gasteiger partial charge in [0.1, 0.15) is 44.0 Å². The molecule has 24 nitrogen and oxygen atoms in total. The van der Waals surface area contributed by atoms with Crippen LogP contribution in [0.4, 0.5) is 34.1 Å². The van der Waals surface area contributed by atoms with E-state index in [1.165, 1.54) is 111 Å². The van der Waals surface area contributed by atoms with Crippen LogP contribution in [0.5, 0.6) is 11.5 Å². The molecule has 7 rings (SSSR count). The first-order valence-electron chi connectivity index (χ1n) is 21.1. The monoisotopic (exact) mass is 1090 g/mol. The Bertz CT molecular complexity index is 3730. The molecule has 0 bridgehead atoms. The first-order chi connectivity index (χ1) is 34.6. The highest BCUT2D eigenvalue weighted by molar-refractivity contribution is 7.86. The second-order valence-corrected chi connectivity index (χ2v) is 21.9. The van der Waals surface area contributed by atoms with Crippen LogP contribution in [0.1, 0.15) is 31.8 Å². The largest absolute Gasteiger partial charge is 0.507 e. The van der Waals surface area contributed by atoms with E-state index in [0.717, 1.165) is 36.4 Å². The summed E-state index contributed by atoms with van der Waals surface area (Å²) in [6.45, 7) is -0.273. The van der Waals surface area contributed by atoms with E-state index >= 15 is 0 Å². The van der Waals surface area contributed by atoms with Gasteiger partial charge in [-0.15, -0.1) is 20.5 Å². The maximum atomic E-state index is 13.6. The normalized spacial score (nSPS) is 12.4. The Labute approximate surface area is 422 Å². The Morgan fingerprint density at radius 3 is 1.14 bits per heavy atom. The van der Waals surface area contributed by atoms with Crippen LogP contribution in [-0.4, -0.2) is 112 Å². The SMILES string of the molecule is CNc1ccc2cc(S(=O)(=O)O)cc(O)c2c1N=Nc1cc(CN(C)C(=O)c2ccc(C(=O)N(C)Cc3ccc(S(=O)(=O)O)c(N=Nc4c(NC)ccc5cc(S(=O)(=O)O)cc(O)c45)c3)cc2)ccc1S(=O)(=O)O. The third kappa shape index (κ3) is 11.6. The minimum absolute atomic E-state index is 0.0133. The van der Waals surface area contributed by atoms with E-state index < -0.39 is 83.4 Å². The zero-order valence-electron chi connectivity index (χ0n) is 38.9. The Morgan fingerprint density at radius 2 is 0.824 bits per heavy atom. The lowest BCUT2D eigenvalue weighted by Gasteiger charge is -2.19. The summed E-state index contributed by atoms with van der Waals surface area (Å²) in [4.78, 5) is 27.3. The molecule has 28 heteroatoms. The Kier molecular flexibility index (Phi) is 14.9. The minimum Gasteiger partial charge on any atom is -0.507 e. The molecular weight excluding hydrogens is 1050 g/mol. The van der Waals surface area contributed by atoms with Gasteiger partial charge in [0, 0.05) is 64.5 Å². The molecule has 7 aromatic carbocycles. The summed E-state index contributed by atoms with van der Waals surface area (Å²) in [5.41, 5.74) is 0.608. The number of carbonyl (C=O) groups is 2. The predicted molar refractivity (Wildman–Crippen MR) is 269 cm³/mol. The number of hydrogen-bond acceptors (Lipinski definition) is 18. The highest BCUT2D eigenvalue weighted by Gasteiger charge is 2.24. The van der Waals surface area contributed by atoms with Crippen molar-refractivity contribution >= 4 is 108 Å². The molecule has 0 saturated heterocycles. The average Bonchev–Trinajstić information content (AvgIpc) is 3.32. The van der Waals surface area contributed by atoms with Crippen molar-refractivity contribution < 1.29 is 71.7 Å². The fourth-order valence-electron chi connectivity index (χ4n) is 7.72. The van der Waals surface area contributed by atoms with Crippen molar-refractivity contribution in [3.8, 4) is 11.5 Å². The zero-order chi connectivity index (χ0) is 54.2. The van der Waals surface area contributed by atoms with E-state index in [4.69, 9.17) is 0 Å². The van der Waals surface area contributed by atoms with Gasteiger partial charge in [0.25, 0.3) is 52.3 Å². The van der Waals surface area contributed by atoms with Crippen molar-refractivity contribution in [2.75, 3.05) is 38.8 Å². The van der Waals surface area contributed by atoms with Gasteiger partial charge in [-0.3, -0.25) is 27.8 Å². The Morgan fingerprint density at radius 1 is 0.473 bits per heavy atom. The van der Waals surface area contributed by atoms with Gasteiger partial charge in [0.05, 0.1) is 31.9 Å². The van der Waals surface area contributed by atoms with Crippen molar-refractivity contribution in [3.63, 3.8) is 0 Å². The van der Waals surface area contributed by atoms with Gasteiger partial charge < -0.3 is 30.6 Å². The van der Waals surface area contributed by atoms with Crippen LogP contribution in [0.25, 0.3) is 21.5 Å². The molecule has 8 N–H and O–H groups in total. The number of rotatable bonds is 16. The number of aromatic hydroxyl groups is 2. The van der Waals surface area contributed by atoms with Crippen LogP contribution in [-0.2, 0) is 53.6 Å². The number of fused-ring (bicyclic) bond motifs is 2. The molecular formula is C46H42N8O16S4. The fourth-order valence-corrected chi connectivity index (χ4v) is 10.00. The minimum atomic E-state index is -4.89. The van der Waals surface area contributed by atoms with Gasteiger partial charge >= 0.3 is 0 Å². The van der Waals surface area contributed by atoms with E-state index in [0.29, 0.717) is 11.1 Å².